The van der Waals surface area contributed by atoms with Crippen molar-refractivity contribution in [1.29, 1.82) is 0 Å². The first-order chi connectivity index (χ1) is 13.9. The van der Waals surface area contributed by atoms with E-state index >= 15 is 0 Å². The first-order valence-corrected chi connectivity index (χ1v) is 10.0. The predicted molar refractivity (Wildman–Crippen MR) is 110 cm³/mol. The highest BCUT2D eigenvalue weighted by atomic mass is 35.5. The van der Waals surface area contributed by atoms with E-state index in [-0.39, 0.29) is 28.8 Å². The van der Waals surface area contributed by atoms with E-state index in [9.17, 15) is 19.7 Å². The third kappa shape index (κ3) is 3.79. The van der Waals surface area contributed by atoms with Crippen LogP contribution in [0.3, 0.4) is 0 Å². The average Bonchev–Trinajstić information content (AvgIpc) is 3.30. The molecule has 29 heavy (non-hydrogen) atoms. The number of amides is 2. The van der Waals surface area contributed by atoms with E-state index in [2.05, 4.69) is 4.98 Å². The summed E-state index contributed by atoms with van der Waals surface area (Å²) in [6, 6.07) is 11.2. The van der Waals surface area contributed by atoms with E-state index in [1.54, 1.807) is 4.90 Å². The number of benzene rings is 2. The van der Waals surface area contributed by atoms with Crippen LogP contribution in [0, 0.1) is 10.1 Å². The third-order valence-electron chi connectivity index (χ3n) is 4.63. The van der Waals surface area contributed by atoms with Gasteiger partial charge < -0.3 is 4.90 Å². The molecule has 0 atom stereocenters. The Morgan fingerprint density at radius 1 is 1.31 bits per heavy atom. The van der Waals surface area contributed by atoms with Gasteiger partial charge >= 0.3 is 0 Å². The van der Waals surface area contributed by atoms with E-state index in [0.29, 0.717) is 30.0 Å². The number of para-hydroxylation sites is 1. The zero-order valence-electron chi connectivity index (χ0n) is 15.1. The zero-order valence-corrected chi connectivity index (χ0v) is 16.7. The van der Waals surface area contributed by atoms with Crippen LogP contribution in [0.15, 0.2) is 42.5 Å². The molecule has 0 unspecified atom stereocenters. The molecule has 0 radical (unpaired) electrons. The van der Waals surface area contributed by atoms with Crippen LogP contribution in [-0.4, -0.2) is 39.8 Å². The van der Waals surface area contributed by atoms with Gasteiger partial charge in [-0.25, -0.2) is 4.98 Å². The van der Waals surface area contributed by atoms with Gasteiger partial charge in [-0.15, -0.1) is 0 Å². The van der Waals surface area contributed by atoms with Crippen LogP contribution in [0.1, 0.15) is 23.2 Å². The van der Waals surface area contributed by atoms with Crippen molar-refractivity contribution >= 4 is 55.8 Å². The second-order valence-electron chi connectivity index (χ2n) is 6.52. The van der Waals surface area contributed by atoms with Crippen LogP contribution >= 0.6 is 22.9 Å². The summed E-state index contributed by atoms with van der Waals surface area (Å²) in [5.41, 5.74) is 0.213. The number of anilines is 1. The molecule has 1 fully saturated rings. The van der Waals surface area contributed by atoms with E-state index in [1.807, 2.05) is 24.3 Å². The lowest BCUT2D eigenvalue weighted by atomic mass is 10.1. The summed E-state index contributed by atoms with van der Waals surface area (Å²) in [5.74, 6) is -0.692. The number of thiazole rings is 1. The molecular formula is C19H15ClN4O4S. The van der Waals surface area contributed by atoms with E-state index in [4.69, 9.17) is 11.6 Å². The normalized spacial score (nSPS) is 13.8. The summed E-state index contributed by atoms with van der Waals surface area (Å²) in [6.45, 7) is 0.492. The lowest BCUT2D eigenvalue weighted by Gasteiger charge is -2.25. The van der Waals surface area contributed by atoms with Crippen LogP contribution in [0.25, 0.3) is 10.2 Å². The van der Waals surface area contributed by atoms with Crippen molar-refractivity contribution in [3.8, 4) is 0 Å². The van der Waals surface area contributed by atoms with Crippen molar-refractivity contribution in [3.05, 3.63) is 63.2 Å². The van der Waals surface area contributed by atoms with Crippen molar-refractivity contribution < 1.29 is 14.5 Å². The molecule has 0 saturated carbocycles. The van der Waals surface area contributed by atoms with Crippen molar-refractivity contribution in [3.63, 3.8) is 0 Å². The molecule has 10 heteroatoms. The second kappa shape index (κ2) is 7.76. The van der Waals surface area contributed by atoms with E-state index < -0.39 is 10.8 Å². The molecule has 0 aliphatic carbocycles. The summed E-state index contributed by atoms with van der Waals surface area (Å²) < 4.78 is 0.869. The van der Waals surface area contributed by atoms with Gasteiger partial charge in [0.15, 0.2) is 5.13 Å². The average molecular weight is 431 g/mol. The minimum atomic E-state index is -0.627. The number of aromatic nitrogens is 1. The number of hydrogen-bond acceptors (Lipinski definition) is 6. The van der Waals surface area contributed by atoms with Gasteiger partial charge in [0.05, 0.1) is 15.1 Å². The van der Waals surface area contributed by atoms with Gasteiger partial charge in [0.1, 0.15) is 12.2 Å². The molecule has 2 heterocycles. The zero-order chi connectivity index (χ0) is 20.5. The van der Waals surface area contributed by atoms with Gasteiger partial charge in [0.25, 0.3) is 11.6 Å². The number of fused-ring (bicyclic) bond motifs is 1. The fourth-order valence-corrected chi connectivity index (χ4v) is 4.32. The Morgan fingerprint density at radius 3 is 2.79 bits per heavy atom. The van der Waals surface area contributed by atoms with Gasteiger partial charge in [-0.1, -0.05) is 35.1 Å². The molecule has 1 aliphatic heterocycles. The molecule has 0 N–H and O–H groups in total. The van der Waals surface area contributed by atoms with Gasteiger partial charge in [0.2, 0.25) is 5.91 Å². The Balaban J connectivity index is 1.79. The number of halogens is 1. The highest BCUT2D eigenvalue weighted by molar-refractivity contribution is 7.22. The third-order valence-corrected chi connectivity index (χ3v) is 5.92. The van der Waals surface area contributed by atoms with Gasteiger partial charge in [-0.2, -0.15) is 0 Å². The smallest absolute Gasteiger partial charge is 0.282 e. The molecule has 0 spiro atoms. The number of likely N-dealkylation sites (tertiary alicyclic amines) is 1. The number of nitrogens with zero attached hydrogens (tertiary/aromatic N) is 4. The molecule has 1 aromatic heterocycles. The summed E-state index contributed by atoms with van der Waals surface area (Å²) in [6.07, 6.45) is 1.12. The number of nitro benzene ring substituents is 1. The molecule has 0 bridgehead atoms. The highest BCUT2D eigenvalue weighted by Crippen LogP contribution is 2.32. The maximum Gasteiger partial charge on any atom is 0.282 e. The molecule has 2 amide bonds. The first-order valence-electron chi connectivity index (χ1n) is 8.83. The second-order valence-corrected chi connectivity index (χ2v) is 7.96. The maximum atomic E-state index is 13.4. The van der Waals surface area contributed by atoms with Crippen molar-refractivity contribution in [2.24, 2.45) is 0 Å². The van der Waals surface area contributed by atoms with Gasteiger partial charge in [0, 0.05) is 24.1 Å². The van der Waals surface area contributed by atoms with Crippen molar-refractivity contribution in [2.45, 2.75) is 12.8 Å². The minimum absolute atomic E-state index is 0.0266. The predicted octanol–water partition coefficient (Wildman–Crippen LogP) is 4.08. The molecule has 1 saturated heterocycles. The molecule has 1 aliphatic rings. The Labute approximate surface area is 174 Å². The van der Waals surface area contributed by atoms with E-state index in [1.165, 1.54) is 34.4 Å². The molecular weight excluding hydrogens is 416 g/mol. The maximum absolute atomic E-state index is 13.4. The molecule has 148 valence electrons. The molecule has 8 nitrogen and oxygen atoms in total. The fraction of sp³-hybridized carbons (Fsp3) is 0.211. The monoisotopic (exact) mass is 430 g/mol. The Kier molecular flexibility index (Phi) is 5.16. The van der Waals surface area contributed by atoms with Crippen LogP contribution in [0.5, 0.6) is 0 Å². The molecule has 3 aromatic rings. The number of carbonyl (C=O) groups excluding carboxylic acids is 2. The van der Waals surface area contributed by atoms with Gasteiger partial charge in [-0.3, -0.25) is 24.6 Å². The summed E-state index contributed by atoms with van der Waals surface area (Å²) in [4.78, 5) is 43.7. The summed E-state index contributed by atoms with van der Waals surface area (Å²) in [7, 11) is 0. The van der Waals surface area contributed by atoms with E-state index in [0.717, 1.165) is 4.70 Å². The standard InChI is InChI=1S/C19H15ClN4O4S/c20-12-7-8-15(24(27)28)13(10-12)18(26)23(11-22-9-3-6-17(22)25)19-21-14-4-1-2-5-16(14)29-19/h1-2,4-5,7-8,10H,3,6,9,11H2. The largest absolute Gasteiger partial charge is 0.324 e. The van der Waals surface area contributed by atoms with Crippen LogP contribution in [0.4, 0.5) is 10.8 Å². The topological polar surface area (TPSA) is 96.7 Å². The Bertz CT molecular complexity index is 1100. The number of hydrogen-bond donors (Lipinski definition) is 0. The van der Waals surface area contributed by atoms with Crippen LogP contribution < -0.4 is 4.90 Å². The molecule has 4 rings (SSSR count). The lowest BCUT2D eigenvalue weighted by molar-refractivity contribution is -0.385. The highest BCUT2D eigenvalue weighted by Gasteiger charge is 2.31. The SMILES string of the molecule is O=C1CCCN1CN(C(=O)c1cc(Cl)ccc1[N+](=O)[O-])c1nc2ccccc2s1. The molecule has 2 aromatic carbocycles. The number of carbonyl (C=O) groups is 2. The number of nitro groups is 1. The van der Waals surface area contributed by atoms with Gasteiger partial charge in [-0.05, 0) is 30.7 Å². The summed E-state index contributed by atoms with van der Waals surface area (Å²) >= 11 is 7.29. The fourth-order valence-electron chi connectivity index (χ4n) is 3.20. The lowest BCUT2D eigenvalue weighted by Crippen LogP contribution is -2.42. The summed E-state index contributed by atoms with van der Waals surface area (Å²) in [5, 5.41) is 12.0. The van der Waals surface area contributed by atoms with Crippen molar-refractivity contribution in [1.82, 2.24) is 9.88 Å². The van der Waals surface area contributed by atoms with Crippen LogP contribution in [0.2, 0.25) is 5.02 Å². The Morgan fingerprint density at radius 2 is 2.10 bits per heavy atom. The van der Waals surface area contributed by atoms with Crippen LogP contribution in [-0.2, 0) is 4.79 Å². The minimum Gasteiger partial charge on any atom is -0.324 e. The quantitative estimate of drug-likeness (QED) is 0.448. The first kappa shape index (κ1) is 19.3. The number of rotatable bonds is 5. The van der Waals surface area contributed by atoms with Crippen molar-refractivity contribution in [2.75, 3.05) is 18.1 Å². The Hall–Kier alpha value is -3.04.